The lowest BCUT2D eigenvalue weighted by Crippen LogP contribution is -2.03. The zero-order valence-corrected chi connectivity index (χ0v) is 12.4. The molecule has 0 aliphatic carbocycles. The largest absolute Gasteiger partial charge is 0.504 e. The normalized spacial score (nSPS) is 10.1. The molecule has 6 nitrogen and oxygen atoms in total. The molecular weight excluding hydrogens is 288 g/mol. The second-order valence-electron chi connectivity index (χ2n) is 4.40. The summed E-state index contributed by atoms with van der Waals surface area (Å²) in [4.78, 5) is 11.9. The van der Waals surface area contributed by atoms with E-state index < -0.39 is 5.97 Å². The van der Waals surface area contributed by atoms with Crippen molar-refractivity contribution in [3.05, 3.63) is 35.9 Å². The summed E-state index contributed by atoms with van der Waals surface area (Å²) in [6, 6.07) is 7.88. The SMILES string of the molecule is COC(=O)c1ccccc1-c1cc(O)c(OC)c(OC)c1O. The molecule has 22 heavy (non-hydrogen) atoms. The number of hydrogen-bond donors (Lipinski definition) is 2. The predicted octanol–water partition coefficient (Wildman–Crippen LogP) is 2.57. The topological polar surface area (TPSA) is 85.2 Å². The van der Waals surface area contributed by atoms with Crippen molar-refractivity contribution in [1.82, 2.24) is 0 Å². The summed E-state index contributed by atoms with van der Waals surface area (Å²) >= 11 is 0. The zero-order chi connectivity index (χ0) is 16.3. The molecule has 2 rings (SSSR count). The molecular formula is C16H16O6. The van der Waals surface area contributed by atoms with Gasteiger partial charge in [0, 0.05) is 11.1 Å². The van der Waals surface area contributed by atoms with Crippen molar-refractivity contribution in [2.75, 3.05) is 21.3 Å². The highest BCUT2D eigenvalue weighted by molar-refractivity contribution is 5.98. The van der Waals surface area contributed by atoms with Crippen LogP contribution in [0.4, 0.5) is 0 Å². The van der Waals surface area contributed by atoms with Crippen LogP contribution in [-0.4, -0.2) is 37.5 Å². The van der Waals surface area contributed by atoms with E-state index in [1.165, 1.54) is 27.4 Å². The second-order valence-corrected chi connectivity index (χ2v) is 4.40. The molecule has 0 heterocycles. The molecule has 0 aromatic heterocycles. The lowest BCUT2D eigenvalue weighted by atomic mass is 9.98. The molecule has 2 aromatic carbocycles. The number of rotatable bonds is 4. The standard InChI is InChI=1S/C16H16O6/c1-20-14-12(17)8-11(13(18)15(14)21-2)9-6-4-5-7-10(9)16(19)22-3/h4-8,17-18H,1-3H3. The molecule has 0 radical (unpaired) electrons. The number of methoxy groups -OCH3 is 3. The molecule has 116 valence electrons. The van der Waals surface area contributed by atoms with Crippen LogP contribution in [0.3, 0.4) is 0 Å². The lowest BCUT2D eigenvalue weighted by molar-refractivity contribution is 0.0601. The maximum absolute atomic E-state index is 11.9. The van der Waals surface area contributed by atoms with Crippen LogP contribution in [0.2, 0.25) is 0 Å². The van der Waals surface area contributed by atoms with Crippen molar-refractivity contribution in [3.63, 3.8) is 0 Å². The number of phenols is 2. The molecule has 0 fully saturated rings. The van der Waals surface area contributed by atoms with Gasteiger partial charge < -0.3 is 24.4 Å². The minimum atomic E-state index is -0.552. The molecule has 2 aromatic rings. The van der Waals surface area contributed by atoms with E-state index in [0.29, 0.717) is 5.56 Å². The van der Waals surface area contributed by atoms with E-state index in [1.54, 1.807) is 24.3 Å². The van der Waals surface area contributed by atoms with Gasteiger partial charge in [-0.3, -0.25) is 0 Å². The molecule has 0 amide bonds. The maximum atomic E-state index is 11.9. The van der Waals surface area contributed by atoms with Crippen molar-refractivity contribution < 1.29 is 29.2 Å². The van der Waals surface area contributed by atoms with Gasteiger partial charge in [-0.2, -0.15) is 0 Å². The van der Waals surface area contributed by atoms with Gasteiger partial charge in [-0.25, -0.2) is 4.79 Å². The van der Waals surface area contributed by atoms with Crippen molar-refractivity contribution >= 4 is 5.97 Å². The Labute approximate surface area is 127 Å². The van der Waals surface area contributed by atoms with E-state index in [9.17, 15) is 15.0 Å². The first-order chi connectivity index (χ1) is 10.5. The number of carbonyl (C=O) groups excluding carboxylic acids is 1. The van der Waals surface area contributed by atoms with Gasteiger partial charge in [0.25, 0.3) is 0 Å². The van der Waals surface area contributed by atoms with Gasteiger partial charge in [0.15, 0.2) is 11.5 Å². The number of hydrogen-bond acceptors (Lipinski definition) is 6. The summed E-state index contributed by atoms with van der Waals surface area (Å²) in [5, 5.41) is 20.4. The van der Waals surface area contributed by atoms with E-state index in [-0.39, 0.29) is 34.1 Å². The smallest absolute Gasteiger partial charge is 0.338 e. The Balaban J connectivity index is 2.74. The predicted molar refractivity (Wildman–Crippen MR) is 79.7 cm³/mol. The number of benzene rings is 2. The first-order valence-corrected chi connectivity index (χ1v) is 6.39. The van der Waals surface area contributed by atoms with Crippen LogP contribution >= 0.6 is 0 Å². The molecule has 0 bridgehead atoms. The molecule has 6 heteroatoms. The van der Waals surface area contributed by atoms with Gasteiger partial charge in [-0.15, -0.1) is 0 Å². The molecule has 0 unspecified atom stereocenters. The van der Waals surface area contributed by atoms with Crippen LogP contribution in [0.1, 0.15) is 10.4 Å². The molecule has 0 atom stereocenters. The van der Waals surface area contributed by atoms with E-state index >= 15 is 0 Å². The summed E-state index contributed by atoms with van der Waals surface area (Å²) in [5.41, 5.74) is 0.895. The number of carbonyl (C=O) groups is 1. The average Bonchev–Trinajstić information content (AvgIpc) is 2.55. The van der Waals surface area contributed by atoms with Crippen molar-refractivity contribution in [2.24, 2.45) is 0 Å². The fraction of sp³-hybridized carbons (Fsp3) is 0.188. The number of ether oxygens (including phenoxy) is 3. The highest BCUT2D eigenvalue weighted by Gasteiger charge is 2.23. The second kappa shape index (κ2) is 6.26. The summed E-state index contributed by atoms with van der Waals surface area (Å²) in [6.45, 7) is 0. The summed E-state index contributed by atoms with van der Waals surface area (Å²) < 4.78 is 14.8. The quantitative estimate of drug-likeness (QED) is 0.667. The molecule has 0 aliphatic heterocycles. The van der Waals surface area contributed by atoms with Gasteiger partial charge in [-0.05, 0) is 12.1 Å². The van der Waals surface area contributed by atoms with Crippen molar-refractivity contribution in [1.29, 1.82) is 0 Å². The molecule has 0 spiro atoms. The minimum absolute atomic E-state index is 0.0132. The minimum Gasteiger partial charge on any atom is -0.504 e. The van der Waals surface area contributed by atoms with Gasteiger partial charge in [0.2, 0.25) is 11.5 Å². The van der Waals surface area contributed by atoms with E-state index in [4.69, 9.17) is 14.2 Å². The third-order valence-corrected chi connectivity index (χ3v) is 3.22. The Morgan fingerprint density at radius 1 is 0.955 bits per heavy atom. The highest BCUT2D eigenvalue weighted by atomic mass is 16.5. The number of aromatic hydroxyl groups is 2. The van der Waals surface area contributed by atoms with Crippen LogP contribution in [-0.2, 0) is 4.74 Å². The first-order valence-electron chi connectivity index (χ1n) is 6.39. The number of phenolic OH excluding ortho intramolecular Hbond substituents is 2. The maximum Gasteiger partial charge on any atom is 0.338 e. The number of esters is 1. The average molecular weight is 304 g/mol. The Bertz CT molecular complexity index is 708. The van der Waals surface area contributed by atoms with Crippen molar-refractivity contribution in [2.45, 2.75) is 0 Å². The Kier molecular flexibility index (Phi) is 4.41. The monoisotopic (exact) mass is 304 g/mol. The molecule has 0 aliphatic rings. The van der Waals surface area contributed by atoms with E-state index in [0.717, 1.165) is 0 Å². The Morgan fingerprint density at radius 3 is 2.18 bits per heavy atom. The van der Waals surface area contributed by atoms with Gasteiger partial charge in [0.05, 0.1) is 26.9 Å². The van der Waals surface area contributed by atoms with E-state index in [2.05, 4.69) is 0 Å². The van der Waals surface area contributed by atoms with Crippen LogP contribution < -0.4 is 9.47 Å². The summed E-state index contributed by atoms with van der Waals surface area (Å²) in [5.74, 6) is -1.01. The van der Waals surface area contributed by atoms with E-state index in [1.807, 2.05) is 0 Å². The molecule has 0 saturated heterocycles. The van der Waals surface area contributed by atoms with Crippen LogP contribution in [0, 0.1) is 0 Å². The third kappa shape index (κ3) is 2.50. The van der Waals surface area contributed by atoms with Gasteiger partial charge in [0.1, 0.15) is 0 Å². The summed E-state index contributed by atoms with van der Waals surface area (Å²) in [6.07, 6.45) is 0. The molecule has 0 saturated carbocycles. The zero-order valence-electron chi connectivity index (χ0n) is 12.4. The third-order valence-electron chi connectivity index (χ3n) is 3.22. The van der Waals surface area contributed by atoms with Crippen LogP contribution in [0.25, 0.3) is 11.1 Å². The first kappa shape index (κ1) is 15.5. The fourth-order valence-corrected chi connectivity index (χ4v) is 2.21. The lowest BCUT2D eigenvalue weighted by Gasteiger charge is -2.16. The van der Waals surface area contributed by atoms with Crippen LogP contribution in [0.15, 0.2) is 30.3 Å². The van der Waals surface area contributed by atoms with Crippen molar-refractivity contribution in [3.8, 4) is 34.1 Å². The summed E-state index contributed by atoms with van der Waals surface area (Å²) in [7, 11) is 3.96. The Hall–Kier alpha value is -2.89. The van der Waals surface area contributed by atoms with Gasteiger partial charge >= 0.3 is 5.97 Å². The Morgan fingerprint density at radius 2 is 1.59 bits per heavy atom. The van der Waals surface area contributed by atoms with Crippen LogP contribution in [0.5, 0.6) is 23.0 Å². The fourth-order valence-electron chi connectivity index (χ4n) is 2.21. The highest BCUT2D eigenvalue weighted by Crippen LogP contribution is 2.49. The molecule has 2 N–H and O–H groups in total. The van der Waals surface area contributed by atoms with Gasteiger partial charge in [-0.1, -0.05) is 18.2 Å².